The van der Waals surface area contributed by atoms with Gasteiger partial charge in [-0.1, -0.05) is 24.3 Å². The second-order valence-electron chi connectivity index (χ2n) is 3.71. The fourth-order valence-electron chi connectivity index (χ4n) is 1.36. The molecule has 1 aliphatic rings. The van der Waals surface area contributed by atoms with Crippen LogP contribution in [0.1, 0.15) is 26.7 Å². The first-order chi connectivity index (χ1) is 5.01. The van der Waals surface area contributed by atoms with Gasteiger partial charge in [-0.2, -0.15) is 0 Å². The monoisotopic (exact) mass is 192 g/mol. The molecule has 0 radical (unpaired) electrons. The number of hydrogen-bond donors (Lipinski definition) is 1. The first-order valence-electron chi connectivity index (χ1n) is 4.08. The van der Waals surface area contributed by atoms with Gasteiger partial charge in [0.25, 0.3) is 0 Å². The van der Waals surface area contributed by atoms with Gasteiger partial charge in [-0.05, 0) is 32.6 Å². The van der Waals surface area contributed by atoms with E-state index in [1.165, 1.54) is 5.57 Å². The van der Waals surface area contributed by atoms with Crippen LogP contribution in [0, 0.1) is 43.7 Å². The third-order valence-electron chi connectivity index (χ3n) is 2.28. The van der Waals surface area contributed by atoms with Crippen molar-refractivity contribution in [1.29, 1.82) is 0 Å². The molecule has 0 unspecified atom stereocenters. The van der Waals surface area contributed by atoms with Crippen molar-refractivity contribution in [2.24, 2.45) is 5.92 Å². The molecule has 0 fully saturated rings. The minimum absolute atomic E-state index is 0. The van der Waals surface area contributed by atoms with Gasteiger partial charge in [-0.3, -0.25) is 0 Å². The number of allylic oxidation sites excluding steroid dienone is 2. The summed E-state index contributed by atoms with van der Waals surface area (Å²) in [6.45, 7) is 7.78. The summed E-state index contributed by atoms with van der Waals surface area (Å²) in [5.74, 6) is 0.482. The van der Waals surface area contributed by atoms with Gasteiger partial charge in [-0.25, -0.2) is 0 Å². The van der Waals surface area contributed by atoms with Crippen molar-refractivity contribution in [3.8, 4) is 0 Å². The van der Waals surface area contributed by atoms with E-state index in [0.717, 1.165) is 12.8 Å². The number of aliphatic hydroxyl groups is 1. The Labute approximate surface area is 105 Å². The van der Waals surface area contributed by atoms with E-state index in [1.807, 2.05) is 19.9 Å². The average Bonchev–Trinajstić information content (AvgIpc) is 1.86. The van der Waals surface area contributed by atoms with Crippen LogP contribution in [0.3, 0.4) is 0 Å². The number of rotatable bonds is 1. The Morgan fingerprint density at radius 1 is 1.67 bits per heavy atom. The molecule has 0 saturated carbocycles. The summed E-state index contributed by atoms with van der Waals surface area (Å²) < 4.78 is 0. The van der Waals surface area contributed by atoms with Crippen molar-refractivity contribution in [1.82, 2.24) is 0 Å². The van der Waals surface area contributed by atoms with Crippen molar-refractivity contribution < 1.29 is 42.8 Å². The minimum Gasteiger partial charge on any atom is -0.386 e. The van der Waals surface area contributed by atoms with Crippen LogP contribution < -0.4 is 0 Å². The van der Waals surface area contributed by atoms with Gasteiger partial charge in [0, 0.05) is 37.7 Å². The van der Waals surface area contributed by atoms with E-state index in [0.29, 0.717) is 5.92 Å². The summed E-state index contributed by atoms with van der Waals surface area (Å²) in [6, 6.07) is 0. The molecule has 2 atom stereocenters. The first kappa shape index (κ1) is 12.7. The van der Waals surface area contributed by atoms with Crippen LogP contribution in [0.25, 0.3) is 0 Å². The first-order valence-corrected chi connectivity index (χ1v) is 4.08. The van der Waals surface area contributed by atoms with E-state index in [2.05, 4.69) is 12.7 Å². The third-order valence-corrected chi connectivity index (χ3v) is 2.28. The Kier molecular flexibility index (Phi) is 5.08. The predicted molar refractivity (Wildman–Crippen MR) is 47.3 cm³/mol. The zero-order valence-electron chi connectivity index (χ0n) is 7.65. The molecule has 0 spiro atoms. The molecule has 1 N–H and O–H groups in total. The quantitative estimate of drug-likeness (QED) is 0.632. The molecular weight excluding hydrogens is 176 g/mol. The van der Waals surface area contributed by atoms with Gasteiger partial charge in [0.05, 0.1) is 5.60 Å². The Bertz CT molecular complexity index is 194. The minimum atomic E-state index is -0.577. The molecular formula is C10H16ArO. The third kappa shape index (κ3) is 3.61. The molecule has 0 heterocycles. The molecule has 1 nitrogen and oxygen atoms in total. The summed E-state index contributed by atoms with van der Waals surface area (Å²) in [6.07, 6.45) is 5.82. The summed E-state index contributed by atoms with van der Waals surface area (Å²) in [5, 5.41) is 9.56. The number of hydrogen-bond acceptors (Lipinski definition) is 1. The van der Waals surface area contributed by atoms with E-state index >= 15 is 0 Å². The van der Waals surface area contributed by atoms with E-state index in [1.54, 1.807) is 0 Å². The largest absolute Gasteiger partial charge is 0.386 e. The van der Waals surface area contributed by atoms with Crippen molar-refractivity contribution in [3.63, 3.8) is 0 Å². The van der Waals surface area contributed by atoms with Crippen LogP contribution in [-0.2, 0) is 0 Å². The molecule has 1 aliphatic carbocycles. The van der Waals surface area contributed by atoms with E-state index in [4.69, 9.17) is 0 Å². The Balaban J connectivity index is 0.00000121. The summed E-state index contributed by atoms with van der Waals surface area (Å²) in [7, 11) is 0. The van der Waals surface area contributed by atoms with E-state index in [9.17, 15) is 5.11 Å². The Morgan fingerprint density at radius 3 is 2.58 bits per heavy atom. The molecule has 0 aromatic rings. The van der Waals surface area contributed by atoms with Gasteiger partial charge < -0.3 is 5.11 Å². The Morgan fingerprint density at radius 2 is 2.25 bits per heavy atom. The zero-order valence-corrected chi connectivity index (χ0v) is 8.36. The van der Waals surface area contributed by atoms with Gasteiger partial charge in [0.2, 0.25) is 0 Å². The fourth-order valence-corrected chi connectivity index (χ4v) is 1.36. The molecule has 0 aromatic carbocycles. The topological polar surface area (TPSA) is 20.2 Å². The van der Waals surface area contributed by atoms with Crippen LogP contribution in [0.2, 0.25) is 0 Å². The Hall–Kier alpha value is 0.700. The van der Waals surface area contributed by atoms with Gasteiger partial charge in [0.15, 0.2) is 0 Å². The average molecular weight is 192 g/mol. The molecule has 1 rings (SSSR count). The van der Waals surface area contributed by atoms with Crippen LogP contribution in [0.4, 0.5) is 0 Å². The molecule has 0 amide bonds. The summed E-state index contributed by atoms with van der Waals surface area (Å²) in [4.78, 5) is 0. The second-order valence-corrected chi connectivity index (χ2v) is 3.71. The maximum Gasteiger partial charge on any atom is 0.0800 e. The van der Waals surface area contributed by atoms with Gasteiger partial charge >= 0.3 is 0 Å². The maximum absolute atomic E-state index is 9.56. The second kappa shape index (κ2) is 4.80. The van der Waals surface area contributed by atoms with Crippen molar-refractivity contribution in [2.75, 3.05) is 0 Å². The maximum atomic E-state index is 9.56. The standard InChI is InChI=1S/C10H16O.Ar/c1-8(2)9-4-6-10(3,11)7-5-9;/h4,6,9,11H,1,5,7H2,2-3H3;/t9-,10+;/m0./s1. The molecule has 12 heavy (non-hydrogen) atoms. The normalized spacial score (nSPS) is 34.1. The van der Waals surface area contributed by atoms with Gasteiger partial charge in [-0.15, -0.1) is 0 Å². The SMILES string of the molecule is C=C(C)[C@H]1C=C[C@@](C)(O)CC1.[Ar]. The summed E-state index contributed by atoms with van der Waals surface area (Å²) in [5.41, 5.74) is 0.614. The van der Waals surface area contributed by atoms with Crippen molar-refractivity contribution >= 4 is 0 Å². The van der Waals surface area contributed by atoms with Crippen LogP contribution in [-0.4, -0.2) is 10.7 Å². The molecule has 70 valence electrons. The van der Waals surface area contributed by atoms with Crippen LogP contribution >= 0.6 is 0 Å². The molecule has 2 heteroatoms. The van der Waals surface area contributed by atoms with Crippen LogP contribution in [0.5, 0.6) is 0 Å². The molecule has 0 saturated heterocycles. The van der Waals surface area contributed by atoms with E-state index < -0.39 is 5.60 Å². The molecule has 0 bridgehead atoms. The fraction of sp³-hybridized carbons (Fsp3) is 0.600. The molecule has 0 aliphatic heterocycles. The summed E-state index contributed by atoms with van der Waals surface area (Å²) >= 11 is 0. The molecule has 0 aromatic heterocycles. The van der Waals surface area contributed by atoms with Crippen molar-refractivity contribution in [2.45, 2.75) is 32.3 Å². The van der Waals surface area contributed by atoms with Gasteiger partial charge in [0.1, 0.15) is 0 Å². The zero-order chi connectivity index (χ0) is 8.48. The predicted octanol–water partition coefficient (Wildman–Crippen LogP) is 2.28. The van der Waals surface area contributed by atoms with Crippen LogP contribution in [0.15, 0.2) is 24.3 Å². The smallest absolute Gasteiger partial charge is 0.0800 e. The van der Waals surface area contributed by atoms with Crippen molar-refractivity contribution in [3.05, 3.63) is 24.3 Å². The van der Waals surface area contributed by atoms with E-state index in [-0.39, 0.29) is 37.7 Å².